The maximum absolute atomic E-state index is 11.7. The molecule has 1 atom stereocenters. The van der Waals surface area contributed by atoms with Gasteiger partial charge in [0.2, 0.25) is 0 Å². The molecule has 0 saturated carbocycles. The Morgan fingerprint density at radius 1 is 1.12 bits per heavy atom. The van der Waals surface area contributed by atoms with Crippen LogP contribution in [-0.2, 0) is 19.1 Å². The molecular formula is C17H23ClNNaO6. The minimum atomic E-state index is -0.952. The zero-order chi connectivity index (χ0) is 18.8. The third-order valence-corrected chi connectivity index (χ3v) is 3.17. The van der Waals surface area contributed by atoms with Crippen molar-refractivity contribution in [2.24, 2.45) is 5.92 Å². The Hall–Kier alpha value is -1.28. The van der Waals surface area contributed by atoms with Gasteiger partial charge in [-0.25, -0.2) is 4.79 Å². The number of rotatable bonds is 8. The van der Waals surface area contributed by atoms with Gasteiger partial charge in [0, 0.05) is 30.8 Å². The molecule has 0 heterocycles. The van der Waals surface area contributed by atoms with Crippen LogP contribution in [0.3, 0.4) is 0 Å². The number of alkyl carbamates (subject to hydrolysis) is 1. The molecule has 0 spiro atoms. The molecule has 1 rings (SSSR count). The number of hydrogen-bond donors (Lipinski definition) is 1. The fourth-order valence-electron chi connectivity index (χ4n) is 1.72. The predicted octanol–water partition coefficient (Wildman–Crippen LogP) is 2.65. The summed E-state index contributed by atoms with van der Waals surface area (Å²) in [6.07, 6.45) is -1.17. The number of amides is 1. The van der Waals surface area contributed by atoms with E-state index >= 15 is 0 Å². The Bertz CT molecular complexity index is 593. The number of benzene rings is 1. The van der Waals surface area contributed by atoms with E-state index in [9.17, 15) is 14.4 Å². The molecule has 1 N–H and O–H groups in total. The second kappa shape index (κ2) is 13.0. The summed E-state index contributed by atoms with van der Waals surface area (Å²) in [6, 6.07) is 6.43. The van der Waals surface area contributed by atoms with E-state index in [0.29, 0.717) is 17.2 Å². The van der Waals surface area contributed by atoms with Crippen LogP contribution in [0.5, 0.6) is 5.75 Å². The van der Waals surface area contributed by atoms with Gasteiger partial charge < -0.3 is 19.5 Å². The number of ether oxygens (including phenoxy) is 3. The van der Waals surface area contributed by atoms with Crippen LogP contribution < -0.4 is 10.1 Å². The van der Waals surface area contributed by atoms with Gasteiger partial charge in [0.05, 0.1) is 0 Å². The van der Waals surface area contributed by atoms with Gasteiger partial charge in [0.25, 0.3) is 6.29 Å². The molecule has 1 aromatic rings. The van der Waals surface area contributed by atoms with E-state index in [1.165, 1.54) is 6.92 Å². The van der Waals surface area contributed by atoms with Gasteiger partial charge in [-0.3, -0.25) is 9.59 Å². The molecule has 26 heavy (non-hydrogen) atoms. The van der Waals surface area contributed by atoms with E-state index < -0.39 is 24.3 Å². The summed E-state index contributed by atoms with van der Waals surface area (Å²) in [6.45, 7) is 4.98. The van der Waals surface area contributed by atoms with Crippen LogP contribution >= 0.6 is 11.6 Å². The van der Waals surface area contributed by atoms with Crippen LogP contribution in [0.25, 0.3) is 0 Å². The summed E-state index contributed by atoms with van der Waals surface area (Å²) >= 11 is 5.74. The summed E-state index contributed by atoms with van der Waals surface area (Å²) in [4.78, 5) is 34.3. The third-order valence-electron chi connectivity index (χ3n) is 2.92. The van der Waals surface area contributed by atoms with Gasteiger partial charge in [-0.15, -0.1) is 0 Å². The standard InChI is InChI=1S/C17H22ClNO6.Na.H/c1-11(2)16(23-12(3)20)25-17(22)19-10-4-5-15(21)24-14-8-6-13(18)7-9-14;;/h6-9,11,16H,4-5,10H2,1-3H3,(H,19,22);;. The van der Waals surface area contributed by atoms with Crippen LogP contribution in [0.4, 0.5) is 4.79 Å². The van der Waals surface area contributed by atoms with Crippen LogP contribution in [0, 0.1) is 5.92 Å². The molecule has 0 fully saturated rings. The first-order valence-electron chi connectivity index (χ1n) is 7.86. The Labute approximate surface area is 180 Å². The molecule has 1 aromatic carbocycles. The first kappa shape index (κ1) is 24.7. The number of carbonyl (C=O) groups excluding carboxylic acids is 3. The number of halogens is 1. The van der Waals surface area contributed by atoms with E-state index in [0.717, 1.165) is 0 Å². The Morgan fingerprint density at radius 2 is 1.73 bits per heavy atom. The SMILES string of the molecule is CC(=O)OC(OC(=O)NCCCC(=O)Oc1ccc(Cl)cc1)C(C)C.[NaH]. The van der Waals surface area contributed by atoms with E-state index in [1.807, 2.05) is 0 Å². The first-order valence-corrected chi connectivity index (χ1v) is 8.23. The summed E-state index contributed by atoms with van der Waals surface area (Å²) in [7, 11) is 0. The topological polar surface area (TPSA) is 90.9 Å². The van der Waals surface area contributed by atoms with Gasteiger partial charge in [0.15, 0.2) is 0 Å². The third kappa shape index (κ3) is 10.7. The predicted molar refractivity (Wildman–Crippen MR) is 98.3 cm³/mol. The normalized spacial score (nSPS) is 11.1. The van der Waals surface area contributed by atoms with E-state index in [-0.39, 0.29) is 48.4 Å². The van der Waals surface area contributed by atoms with Crippen LogP contribution in [0.1, 0.15) is 33.6 Å². The molecule has 7 nitrogen and oxygen atoms in total. The van der Waals surface area contributed by atoms with Crippen molar-refractivity contribution < 1.29 is 28.6 Å². The van der Waals surface area contributed by atoms with Crippen LogP contribution in [-0.4, -0.2) is 60.4 Å². The number of hydrogen-bond acceptors (Lipinski definition) is 6. The molecule has 1 amide bonds. The fraction of sp³-hybridized carbons (Fsp3) is 0.471. The first-order chi connectivity index (χ1) is 11.8. The quantitative estimate of drug-likeness (QED) is 0.239. The van der Waals surface area contributed by atoms with E-state index in [1.54, 1.807) is 38.1 Å². The molecule has 0 saturated heterocycles. The average Bonchev–Trinajstić information content (AvgIpc) is 2.52. The van der Waals surface area contributed by atoms with Gasteiger partial charge in [0.1, 0.15) is 5.75 Å². The molecule has 140 valence electrons. The van der Waals surface area contributed by atoms with E-state index in [4.69, 9.17) is 25.8 Å². The Balaban J connectivity index is 0.00000625. The molecule has 0 aromatic heterocycles. The molecule has 0 aliphatic carbocycles. The van der Waals surface area contributed by atoms with Gasteiger partial charge in [-0.1, -0.05) is 25.4 Å². The molecular weight excluding hydrogens is 373 g/mol. The van der Waals surface area contributed by atoms with Crippen molar-refractivity contribution in [3.63, 3.8) is 0 Å². The van der Waals surface area contributed by atoms with Gasteiger partial charge in [-0.2, -0.15) is 0 Å². The number of esters is 2. The van der Waals surface area contributed by atoms with Crippen molar-refractivity contribution >= 4 is 59.2 Å². The molecule has 0 aliphatic heterocycles. The summed E-state index contributed by atoms with van der Waals surface area (Å²) < 4.78 is 15.0. The van der Waals surface area contributed by atoms with E-state index in [2.05, 4.69) is 5.32 Å². The van der Waals surface area contributed by atoms with Crippen molar-refractivity contribution in [1.82, 2.24) is 5.32 Å². The number of carbonyl (C=O) groups is 3. The maximum atomic E-state index is 11.7. The molecule has 9 heteroatoms. The second-order valence-electron chi connectivity index (χ2n) is 5.59. The Kier molecular flexibility index (Phi) is 12.3. The molecule has 0 bridgehead atoms. The zero-order valence-electron chi connectivity index (χ0n) is 14.4. The fourth-order valence-corrected chi connectivity index (χ4v) is 1.84. The van der Waals surface area contributed by atoms with Crippen molar-refractivity contribution in [2.75, 3.05) is 6.54 Å². The summed E-state index contributed by atoms with van der Waals surface area (Å²) in [5, 5.41) is 3.04. The molecule has 0 aliphatic rings. The van der Waals surface area contributed by atoms with Gasteiger partial charge in [-0.05, 0) is 30.7 Å². The summed E-state index contributed by atoms with van der Waals surface area (Å²) in [5.74, 6) is -0.721. The second-order valence-corrected chi connectivity index (χ2v) is 6.02. The van der Waals surface area contributed by atoms with Crippen molar-refractivity contribution in [1.29, 1.82) is 0 Å². The average molecular weight is 396 g/mol. The zero-order valence-corrected chi connectivity index (χ0v) is 15.2. The molecule has 0 radical (unpaired) electrons. The van der Waals surface area contributed by atoms with Gasteiger partial charge >= 0.3 is 47.6 Å². The minimum absolute atomic E-state index is 0. The van der Waals surface area contributed by atoms with Crippen molar-refractivity contribution in [3.05, 3.63) is 29.3 Å². The Morgan fingerprint density at radius 3 is 2.27 bits per heavy atom. The number of nitrogens with one attached hydrogen (secondary N) is 1. The van der Waals surface area contributed by atoms with Crippen molar-refractivity contribution in [2.45, 2.75) is 39.9 Å². The van der Waals surface area contributed by atoms with Crippen LogP contribution in [0.15, 0.2) is 24.3 Å². The van der Waals surface area contributed by atoms with Crippen LogP contribution in [0.2, 0.25) is 5.02 Å². The monoisotopic (exact) mass is 395 g/mol. The van der Waals surface area contributed by atoms with Crippen molar-refractivity contribution in [3.8, 4) is 5.75 Å². The molecule has 1 unspecified atom stereocenters. The summed E-state index contributed by atoms with van der Waals surface area (Å²) in [5.41, 5.74) is 0.